The summed E-state index contributed by atoms with van der Waals surface area (Å²) in [6, 6.07) is 38.4. The Morgan fingerprint density at radius 1 is 0.815 bits per heavy atom. The molecule has 0 saturated carbocycles. The van der Waals surface area contributed by atoms with Crippen molar-refractivity contribution >= 4 is 29.7 Å². The molecular weight excluding hydrogens is 705 g/mol. The van der Waals surface area contributed by atoms with Crippen molar-refractivity contribution in [3.8, 4) is 11.1 Å². The maximum atomic E-state index is 13.0. The van der Waals surface area contributed by atoms with Gasteiger partial charge in [0.2, 0.25) is 0 Å². The van der Waals surface area contributed by atoms with Gasteiger partial charge < -0.3 is 35.1 Å². The molecule has 0 spiro atoms. The first-order chi connectivity index (χ1) is 26.3. The number of nitrogens with one attached hydrogen (secondary N) is 2. The zero-order valence-electron chi connectivity index (χ0n) is 29.7. The van der Waals surface area contributed by atoms with Crippen LogP contribution < -0.4 is 10.6 Å². The van der Waals surface area contributed by atoms with E-state index in [0.29, 0.717) is 23.5 Å². The van der Waals surface area contributed by atoms with Crippen molar-refractivity contribution in [2.45, 2.75) is 55.4 Å². The van der Waals surface area contributed by atoms with E-state index in [9.17, 15) is 24.6 Å². The van der Waals surface area contributed by atoms with E-state index in [1.807, 2.05) is 109 Å². The van der Waals surface area contributed by atoms with Gasteiger partial charge in [-0.15, -0.1) is 11.8 Å². The number of methoxy groups -OCH3 is 1. The fourth-order valence-electron chi connectivity index (χ4n) is 6.32. The average molecular weight is 747 g/mol. The van der Waals surface area contributed by atoms with Gasteiger partial charge in [-0.3, -0.25) is 0 Å². The largest absolute Gasteiger partial charge is 0.478 e. The number of thioether (sulfide) groups is 1. The maximum absolute atomic E-state index is 13.0. The van der Waals surface area contributed by atoms with Crippen LogP contribution in [-0.2, 0) is 38.6 Å². The second kappa shape index (κ2) is 18.5. The summed E-state index contributed by atoms with van der Waals surface area (Å²) in [5.41, 5.74) is 6.47. The molecule has 2 amide bonds. The molecule has 1 heterocycles. The average Bonchev–Trinajstić information content (AvgIpc) is 3.22. The number of aromatic carboxylic acids is 1. The topological polar surface area (TPSA) is 143 Å². The van der Waals surface area contributed by atoms with Gasteiger partial charge in [-0.1, -0.05) is 115 Å². The van der Waals surface area contributed by atoms with Gasteiger partial charge in [0.1, 0.15) is 6.04 Å². The van der Waals surface area contributed by atoms with E-state index in [1.165, 1.54) is 18.9 Å². The summed E-state index contributed by atoms with van der Waals surface area (Å²) < 4.78 is 18.0. The number of amides is 2. The van der Waals surface area contributed by atoms with Gasteiger partial charge in [-0.25, -0.2) is 14.4 Å². The second-order valence-corrected chi connectivity index (χ2v) is 13.9. The third-order valence-corrected chi connectivity index (χ3v) is 10.4. The van der Waals surface area contributed by atoms with Crippen LogP contribution >= 0.6 is 11.8 Å². The SMILES string of the molecule is COC(=O)C(Cc1ccccc1)NC(=O)NCc1ccccc1-c1ccc(C2OC(CSc3ccccc3C(=O)O)CC(c3ccc(CO)cc3)O2)cc1. The summed E-state index contributed by atoms with van der Waals surface area (Å²) in [5.74, 6) is -0.981. The number of aliphatic hydroxyl groups excluding tert-OH is 1. The van der Waals surface area contributed by atoms with Gasteiger partial charge in [-0.2, -0.15) is 0 Å². The zero-order chi connectivity index (χ0) is 37.9. The van der Waals surface area contributed by atoms with Crippen molar-refractivity contribution in [1.82, 2.24) is 10.6 Å². The number of carbonyl (C=O) groups excluding carboxylic acids is 2. The maximum Gasteiger partial charge on any atom is 0.336 e. The summed E-state index contributed by atoms with van der Waals surface area (Å²) in [5, 5.41) is 24.9. The molecule has 0 aliphatic carbocycles. The lowest BCUT2D eigenvalue weighted by atomic mass is 9.98. The van der Waals surface area contributed by atoms with Crippen molar-refractivity contribution in [2.24, 2.45) is 0 Å². The molecule has 4 N–H and O–H groups in total. The highest BCUT2D eigenvalue weighted by molar-refractivity contribution is 7.99. The summed E-state index contributed by atoms with van der Waals surface area (Å²) in [6.07, 6.45) is -0.360. The summed E-state index contributed by atoms with van der Waals surface area (Å²) >= 11 is 1.44. The molecule has 278 valence electrons. The molecule has 1 aliphatic rings. The summed E-state index contributed by atoms with van der Waals surface area (Å²) in [4.78, 5) is 37.9. The van der Waals surface area contributed by atoms with Crippen molar-refractivity contribution in [3.05, 3.63) is 161 Å². The molecule has 10 nitrogen and oxygen atoms in total. The monoisotopic (exact) mass is 746 g/mol. The lowest BCUT2D eigenvalue weighted by Gasteiger charge is -2.36. The number of carboxylic acids is 1. The summed E-state index contributed by atoms with van der Waals surface area (Å²) in [6.45, 7) is 0.169. The van der Waals surface area contributed by atoms with Crippen LogP contribution in [-0.4, -0.2) is 53.2 Å². The number of aliphatic hydroxyl groups is 1. The third kappa shape index (κ3) is 9.94. The van der Waals surface area contributed by atoms with Gasteiger partial charge in [-0.05, 0) is 45.5 Å². The fraction of sp³-hybridized carbons (Fsp3) is 0.233. The van der Waals surface area contributed by atoms with E-state index in [-0.39, 0.29) is 30.9 Å². The van der Waals surface area contributed by atoms with Gasteiger partial charge >= 0.3 is 18.0 Å². The minimum absolute atomic E-state index is 0.0524. The predicted octanol–water partition coefficient (Wildman–Crippen LogP) is 7.47. The van der Waals surface area contributed by atoms with Gasteiger partial charge in [0.25, 0.3) is 0 Å². The molecule has 5 aromatic rings. The molecule has 0 radical (unpaired) electrons. The van der Waals surface area contributed by atoms with Crippen LogP contribution in [0.3, 0.4) is 0 Å². The highest BCUT2D eigenvalue weighted by Crippen LogP contribution is 2.40. The van der Waals surface area contributed by atoms with Gasteiger partial charge in [0.15, 0.2) is 6.29 Å². The van der Waals surface area contributed by atoms with Crippen molar-refractivity contribution in [1.29, 1.82) is 0 Å². The Morgan fingerprint density at radius 3 is 2.22 bits per heavy atom. The number of hydrogen-bond acceptors (Lipinski definition) is 8. The van der Waals surface area contributed by atoms with E-state index < -0.39 is 30.3 Å². The highest BCUT2D eigenvalue weighted by Gasteiger charge is 2.32. The Labute approximate surface area is 318 Å². The van der Waals surface area contributed by atoms with Gasteiger partial charge in [0.05, 0.1) is 31.5 Å². The van der Waals surface area contributed by atoms with Crippen LogP contribution in [0, 0.1) is 0 Å². The van der Waals surface area contributed by atoms with E-state index in [0.717, 1.165) is 38.9 Å². The first-order valence-corrected chi connectivity index (χ1v) is 18.6. The predicted molar refractivity (Wildman–Crippen MR) is 206 cm³/mol. The molecule has 1 saturated heterocycles. The Hall–Kier alpha value is -5.46. The smallest absolute Gasteiger partial charge is 0.336 e. The van der Waals surface area contributed by atoms with Crippen LogP contribution in [0.1, 0.15) is 57.0 Å². The molecule has 54 heavy (non-hydrogen) atoms. The van der Waals surface area contributed by atoms with Crippen LogP contribution in [0.2, 0.25) is 0 Å². The Kier molecular flexibility index (Phi) is 13.1. The quantitative estimate of drug-likeness (QED) is 0.0673. The van der Waals surface area contributed by atoms with Crippen molar-refractivity contribution in [2.75, 3.05) is 12.9 Å². The molecule has 1 fully saturated rings. The van der Waals surface area contributed by atoms with Gasteiger partial charge in [0, 0.05) is 35.6 Å². The number of carboxylic acid groups (broad SMARTS) is 1. The van der Waals surface area contributed by atoms with E-state index in [1.54, 1.807) is 18.2 Å². The number of benzene rings is 5. The Morgan fingerprint density at radius 2 is 1.50 bits per heavy atom. The number of esters is 1. The standard InChI is InChI=1S/C43H42N2O8S/c1-51-41(49)37(23-28-9-3-2-4-10-28)45-43(50)44-25-33-11-5-6-12-35(33)30-19-21-32(22-20-30)42-52-34(27-54-39-14-8-7-13-36(39)40(47)48)24-38(53-42)31-17-15-29(26-46)16-18-31/h2-22,34,37-38,42,46H,23-27H2,1H3,(H,47,48)(H2,44,45,50). The zero-order valence-corrected chi connectivity index (χ0v) is 30.5. The molecule has 4 unspecified atom stereocenters. The normalized spacial score (nSPS) is 17.3. The number of ether oxygens (including phenoxy) is 3. The number of urea groups is 1. The van der Waals surface area contributed by atoms with Crippen LogP contribution in [0.5, 0.6) is 0 Å². The first kappa shape index (κ1) is 38.3. The minimum atomic E-state index is -0.975. The van der Waals surface area contributed by atoms with E-state index in [4.69, 9.17) is 14.2 Å². The number of carbonyl (C=O) groups is 3. The molecule has 6 rings (SSSR count). The molecular formula is C43H42N2O8S. The molecule has 0 bridgehead atoms. The Bertz CT molecular complexity index is 2020. The molecule has 4 atom stereocenters. The van der Waals surface area contributed by atoms with E-state index >= 15 is 0 Å². The van der Waals surface area contributed by atoms with Crippen LogP contribution in [0.15, 0.2) is 132 Å². The molecule has 11 heteroatoms. The lowest BCUT2D eigenvalue weighted by Crippen LogP contribution is -2.47. The van der Waals surface area contributed by atoms with Crippen molar-refractivity contribution in [3.63, 3.8) is 0 Å². The summed E-state index contributed by atoms with van der Waals surface area (Å²) in [7, 11) is 1.30. The van der Waals surface area contributed by atoms with Crippen LogP contribution in [0.4, 0.5) is 4.79 Å². The first-order valence-electron chi connectivity index (χ1n) is 17.6. The minimum Gasteiger partial charge on any atom is -0.478 e. The molecule has 0 aromatic heterocycles. The van der Waals surface area contributed by atoms with Crippen molar-refractivity contribution < 1.29 is 38.8 Å². The third-order valence-electron chi connectivity index (χ3n) is 9.18. The van der Waals surface area contributed by atoms with Crippen LogP contribution in [0.25, 0.3) is 11.1 Å². The molecule has 5 aromatic carbocycles. The lowest BCUT2D eigenvalue weighted by molar-refractivity contribution is -0.245. The molecule has 1 aliphatic heterocycles. The Balaban J connectivity index is 1.15. The van der Waals surface area contributed by atoms with E-state index in [2.05, 4.69) is 10.6 Å². The number of rotatable bonds is 14. The number of hydrogen-bond donors (Lipinski definition) is 4. The fourth-order valence-corrected chi connectivity index (χ4v) is 7.39. The second-order valence-electron chi connectivity index (χ2n) is 12.8. The highest BCUT2D eigenvalue weighted by atomic mass is 32.2.